The lowest BCUT2D eigenvalue weighted by molar-refractivity contribution is -0.128. The summed E-state index contributed by atoms with van der Waals surface area (Å²) in [5.41, 5.74) is 4.68. The van der Waals surface area contributed by atoms with Gasteiger partial charge in [0.1, 0.15) is 12.2 Å². The van der Waals surface area contributed by atoms with Gasteiger partial charge in [0.2, 0.25) is 0 Å². The van der Waals surface area contributed by atoms with Crippen molar-refractivity contribution in [3.63, 3.8) is 0 Å². The van der Waals surface area contributed by atoms with Gasteiger partial charge in [-0.1, -0.05) is 0 Å². The summed E-state index contributed by atoms with van der Waals surface area (Å²) in [4.78, 5) is 16.4. The highest BCUT2D eigenvalue weighted by Gasteiger charge is 2.29. The first kappa shape index (κ1) is 10.7. The van der Waals surface area contributed by atoms with Crippen LogP contribution in [0.5, 0.6) is 0 Å². The van der Waals surface area contributed by atoms with E-state index >= 15 is 0 Å². The van der Waals surface area contributed by atoms with Crippen molar-refractivity contribution in [1.29, 1.82) is 0 Å². The number of aromatic amines is 1. The third kappa shape index (κ3) is 3.17. The molecule has 0 saturated carbocycles. The molecule has 0 unspecified atom stereocenters. The van der Waals surface area contributed by atoms with Gasteiger partial charge in [0.05, 0.1) is 5.69 Å². The molecule has 0 aliphatic carbocycles. The molecule has 3 N–H and O–H groups in total. The summed E-state index contributed by atoms with van der Waals surface area (Å²) in [5.74, 6) is -0.412. The van der Waals surface area contributed by atoms with Crippen LogP contribution in [0.4, 0.5) is 13.2 Å². The lowest BCUT2D eigenvalue weighted by Gasteiger charge is -2.05. The Morgan fingerprint density at radius 2 is 2.14 bits per heavy atom. The quantitative estimate of drug-likeness (QED) is 0.734. The second-order valence-corrected chi connectivity index (χ2v) is 2.68. The maximum Gasteiger partial charge on any atom is 0.396 e. The van der Waals surface area contributed by atoms with E-state index in [1.165, 1.54) is 0 Å². The lowest BCUT2D eigenvalue weighted by atomic mass is 10.3. The molecule has 0 spiro atoms. The van der Waals surface area contributed by atoms with E-state index in [-0.39, 0.29) is 12.2 Å². The predicted octanol–water partition coefficient (Wildman–Crippen LogP) is 0.333. The van der Waals surface area contributed by atoms with Crippen molar-refractivity contribution >= 4 is 0 Å². The molecule has 0 aliphatic heterocycles. The van der Waals surface area contributed by atoms with E-state index in [9.17, 15) is 18.0 Å². The first-order valence-electron chi connectivity index (χ1n) is 3.76. The number of nitrogens with two attached hydrogens (primary N) is 1. The normalized spacial score (nSPS) is 11.7. The minimum absolute atomic E-state index is 0.0607. The summed E-state index contributed by atoms with van der Waals surface area (Å²) >= 11 is 0. The predicted molar refractivity (Wildman–Crippen MR) is 42.5 cm³/mol. The Hall–Kier alpha value is -1.37. The van der Waals surface area contributed by atoms with E-state index in [4.69, 9.17) is 5.73 Å². The van der Waals surface area contributed by atoms with Gasteiger partial charge in [0.25, 0.3) is 5.56 Å². The molecule has 0 fully saturated rings. The molecule has 0 radical (unpaired) electrons. The minimum Gasteiger partial charge on any atom is -0.325 e. The van der Waals surface area contributed by atoms with Crippen LogP contribution < -0.4 is 11.3 Å². The van der Waals surface area contributed by atoms with Crippen molar-refractivity contribution in [2.45, 2.75) is 19.1 Å². The van der Waals surface area contributed by atoms with Crippen LogP contribution >= 0.6 is 0 Å². The first-order valence-corrected chi connectivity index (χ1v) is 3.76. The second kappa shape index (κ2) is 3.79. The van der Waals surface area contributed by atoms with Crippen molar-refractivity contribution in [2.24, 2.45) is 5.73 Å². The number of nitrogens with one attached hydrogen (secondary N) is 1. The Labute approximate surface area is 77.0 Å². The average Bonchev–Trinajstić information content (AvgIpc) is 1.99. The lowest BCUT2D eigenvalue weighted by Crippen LogP contribution is -2.20. The number of hydrogen-bond acceptors (Lipinski definition) is 3. The van der Waals surface area contributed by atoms with E-state index in [0.29, 0.717) is 0 Å². The van der Waals surface area contributed by atoms with Crippen molar-refractivity contribution < 1.29 is 13.2 Å². The van der Waals surface area contributed by atoms with Gasteiger partial charge in [0, 0.05) is 12.6 Å². The largest absolute Gasteiger partial charge is 0.396 e. The van der Waals surface area contributed by atoms with Crippen molar-refractivity contribution in [3.05, 3.63) is 27.9 Å². The molecule has 1 aromatic heterocycles. The zero-order valence-electron chi connectivity index (χ0n) is 7.06. The highest BCUT2D eigenvalue weighted by molar-refractivity contribution is 5.02. The van der Waals surface area contributed by atoms with Gasteiger partial charge in [0.15, 0.2) is 0 Å². The van der Waals surface area contributed by atoms with E-state index in [1.54, 1.807) is 0 Å². The first-order chi connectivity index (χ1) is 6.40. The molecule has 14 heavy (non-hydrogen) atoms. The van der Waals surface area contributed by atoms with Crippen molar-refractivity contribution in [3.8, 4) is 0 Å². The number of alkyl halides is 3. The third-order valence-corrected chi connectivity index (χ3v) is 1.42. The average molecular weight is 207 g/mol. The second-order valence-electron chi connectivity index (χ2n) is 2.68. The topological polar surface area (TPSA) is 71.8 Å². The Kier molecular flexibility index (Phi) is 2.90. The van der Waals surface area contributed by atoms with Gasteiger partial charge >= 0.3 is 6.18 Å². The number of aromatic nitrogens is 2. The van der Waals surface area contributed by atoms with E-state index in [0.717, 1.165) is 6.07 Å². The standard InChI is InChI=1S/C7H8F3N3O/c8-7(9,10)2-5-12-4(3-11)1-6(14)13-5/h1H,2-3,11H2,(H,12,13,14). The molecule has 0 atom stereocenters. The van der Waals surface area contributed by atoms with Crippen LogP contribution in [0.1, 0.15) is 11.5 Å². The van der Waals surface area contributed by atoms with Crippen molar-refractivity contribution in [1.82, 2.24) is 9.97 Å². The molecule has 0 amide bonds. The van der Waals surface area contributed by atoms with Crippen LogP contribution in [0.3, 0.4) is 0 Å². The Morgan fingerprint density at radius 3 is 2.64 bits per heavy atom. The fraction of sp³-hybridized carbons (Fsp3) is 0.429. The molecular formula is C7H8F3N3O. The number of rotatable bonds is 2. The highest BCUT2D eigenvalue weighted by atomic mass is 19.4. The van der Waals surface area contributed by atoms with Gasteiger partial charge in [-0.15, -0.1) is 0 Å². The molecule has 78 valence electrons. The Balaban J connectivity index is 2.98. The van der Waals surface area contributed by atoms with Gasteiger partial charge < -0.3 is 10.7 Å². The fourth-order valence-corrected chi connectivity index (χ4v) is 0.941. The van der Waals surface area contributed by atoms with Gasteiger partial charge in [-0.25, -0.2) is 4.98 Å². The van der Waals surface area contributed by atoms with E-state index < -0.39 is 24.0 Å². The number of H-pyrrole nitrogens is 1. The van der Waals surface area contributed by atoms with Crippen LogP contribution in [0.2, 0.25) is 0 Å². The van der Waals surface area contributed by atoms with Crippen LogP contribution in [0.25, 0.3) is 0 Å². The maximum atomic E-state index is 11.9. The molecule has 4 nitrogen and oxygen atoms in total. The summed E-state index contributed by atoms with van der Waals surface area (Å²) in [5, 5.41) is 0. The van der Waals surface area contributed by atoms with E-state index in [2.05, 4.69) is 4.98 Å². The molecule has 7 heteroatoms. The number of hydrogen-bond donors (Lipinski definition) is 2. The zero-order valence-corrected chi connectivity index (χ0v) is 7.06. The van der Waals surface area contributed by atoms with Crippen LogP contribution in [-0.2, 0) is 13.0 Å². The summed E-state index contributed by atoms with van der Waals surface area (Å²) < 4.78 is 35.7. The summed E-state index contributed by atoms with van der Waals surface area (Å²) in [6.07, 6.45) is -5.64. The number of halogens is 3. The molecule has 1 aromatic rings. The Morgan fingerprint density at radius 1 is 1.50 bits per heavy atom. The molecule has 1 rings (SSSR count). The van der Waals surface area contributed by atoms with Crippen LogP contribution in [-0.4, -0.2) is 16.1 Å². The van der Waals surface area contributed by atoms with Gasteiger partial charge in [-0.2, -0.15) is 13.2 Å². The summed E-state index contributed by atoms with van der Waals surface area (Å²) in [7, 11) is 0. The fourth-order valence-electron chi connectivity index (χ4n) is 0.941. The monoisotopic (exact) mass is 207 g/mol. The zero-order chi connectivity index (χ0) is 10.8. The highest BCUT2D eigenvalue weighted by Crippen LogP contribution is 2.18. The van der Waals surface area contributed by atoms with Gasteiger partial charge in [-0.3, -0.25) is 4.79 Å². The van der Waals surface area contributed by atoms with E-state index in [1.807, 2.05) is 4.98 Å². The number of nitrogens with zero attached hydrogens (tertiary/aromatic N) is 1. The van der Waals surface area contributed by atoms with Crippen LogP contribution in [0.15, 0.2) is 10.9 Å². The Bertz CT molecular complexity index is 371. The smallest absolute Gasteiger partial charge is 0.325 e. The molecule has 0 saturated heterocycles. The minimum atomic E-state index is -4.39. The SMILES string of the molecule is NCc1cc(=O)[nH]c(CC(F)(F)F)n1. The van der Waals surface area contributed by atoms with Crippen LogP contribution in [0, 0.1) is 0 Å². The molecule has 1 heterocycles. The third-order valence-electron chi connectivity index (χ3n) is 1.42. The molecule has 0 bridgehead atoms. The summed E-state index contributed by atoms with van der Waals surface area (Å²) in [6, 6.07) is 1.07. The van der Waals surface area contributed by atoms with Gasteiger partial charge in [-0.05, 0) is 0 Å². The van der Waals surface area contributed by atoms with Crippen molar-refractivity contribution in [2.75, 3.05) is 0 Å². The molecular weight excluding hydrogens is 199 g/mol. The molecule has 0 aromatic carbocycles. The summed E-state index contributed by atoms with van der Waals surface area (Å²) in [6.45, 7) is -0.0607. The molecule has 0 aliphatic rings. The maximum absolute atomic E-state index is 11.9.